The van der Waals surface area contributed by atoms with Crippen molar-refractivity contribution in [2.75, 3.05) is 5.32 Å². The number of halogens is 1. The molecule has 0 aliphatic rings. The van der Waals surface area contributed by atoms with Gasteiger partial charge in [-0.3, -0.25) is 9.59 Å². The molecule has 0 aromatic heterocycles. The number of hydrogen-bond acceptors (Lipinski definition) is 2. The molecule has 132 valence electrons. The summed E-state index contributed by atoms with van der Waals surface area (Å²) in [7, 11) is 0. The van der Waals surface area contributed by atoms with Gasteiger partial charge in [-0.05, 0) is 72.7 Å². The van der Waals surface area contributed by atoms with Crippen LogP contribution in [-0.2, 0) is 16.0 Å². The maximum absolute atomic E-state index is 12.7. The zero-order valence-corrected chi connectivity index (χ0v) is 16.7. The zero-order valence-electron chi connectivity index (χ0n) is 14.5. The number of hydrogen-bond donors (Lipinski definition) is 2. The predicted octanol–water partition coefficient (Wildman–Crippen LogP) is 4.43. The zero-order chi connectivity index (χ0) is 18.6. The lowest BCUT2D eigenvalue weighted by Crippen LogP contribution is -2.33. The van der Waals surface area contributed by atoms with Gasteiger partial charge in [0.25, 0.3) is 0 Å². The molecule has 0 spiro atoms. The highest BCUT2D eigenvalue weighted by Crippen LogP contribution is 2.22. The third-order valence-electron chi connectivity index (χ3n) is 4.18. The summed E-state index contributed by atoms with van der Waals surface area (Å²) in [6, 6.07) is 13.5. The van der Waals surface area contributed by atoms with Gasteiger partial charge in [0.15, 0.2) is 0 Å². The van der Waals surface area contributed by atoms with Crippen LogP contribution in [-0.4, -0.2) is 17.0 Å². The average molecular weight is 451 g/mol. The molecule has 2 rings (SSSR count). The van der Waals surface area contributed by atoms with Gasteiger partial charge in [-0.2, -0.15) is 0 Å². The van der Waals surface area contributed by atoms with Crippen molar-refractivity contribution >= 4 is 40.2 Å². The van der Waals surface area contributed by atoms with Gasteiger partial charge in [-0.25, -0.2) is 0 Å². The van der Waals surface area contributed by atoms with Crippen molar-refractivity contribution in [1.82, 2.24) is 0 Å². The van der Waals surface area contributed by atoms with Crippen LogP contribution in [0, 0.1) is 29.3 Å². The molecule has 0 heterocycles. The van der Waals surface area contributed by atoms with Crippen molar-refractivity contribution in [2.45, 2.75) is 27.2 Å². The lowest BCUT2D eigenvalue weighted by atomic mass is 9.86. The van der Waals surface area contributed by atoms with Crippen molar-refractivity contribution in [2.24, 2.45) is 11.8 Å². The Hall–Kier alpha value is -1.89. The first-order valence-corrected chi connectivity index (χ1v) is 9.20. The molecule has 2 aromatic rings. The molecule has 0 aliphatic heterocycles. The molecule has 0 fully saturated rings. The van der Waals surface area contributed by atoms with E-state index < -0.39 is 17.8 Å². The van der Waals surface area contributed by atoms with E-state index in [0.29, 0.717) is 12.1 Å². The number of aliphatic carboxylic acids is 1. The number of carboxylic acid groups (broad SMARTS) is 1. The smallest absolute Gasteiger partial charge is 0.307 e. The Kier molecular flexibility index (Phi) is 6.58. The van der Waals surface area contributed by atoms with Crippen LogP contribution in [0.5, 0.6) is 0 Å². The van der Waals surface area contributed by atoms with Crippen molar-refractivity contribution in [3.05, 3.63) is 62.7 Å². The lowest BCUT2D eigenvalue weighted by Gasteiger charge is -2.21. The van der Waals surface area contributed by atoms with E-state index in [1.807, 2.05) is 50.2 Å². The van der Waals surface area contributed by atoms with Gasteiger partial charge in [0.1, 0.15) is 0 Å². The highest BCUT2D eigenvalue weighted by Gasteiger charge is 2.30. The molecule has 0 saturated carbocycles. The molecular formula is C20H22INO3. The fraction of sp³-hybridized carbons (Fsp3) is 0.300. The molecular weight excluding hydrogens is 429 g/mol. The molecule has 2 N–H and O–H groups in total. The first-order valence-electron chi connectivity index (χ1n) is 8.12. The van der Waals surface area contributed by atoms with Gasteiger partial charge < -0.3 is 10.4 Å². The highest BCUT2D eigenvalue weighted by atomic mass is 127. The number of amides is 1. The molecule has 0 unspecified atom stereocenters. The Morgan fingerprint density at radius 2 is 1.64 bits per heavy atom. The van der Waals surface area contributed by atoms with Gasteiger partial charge >= 0.3 is 5.97 Å². The van der Waals surface area contributed by atoms with Crippen LogP contribution < -0.4 is 5.32 Å². The number of rotatable bonds is 6. The fourth-order valence-electron chi connectivity index (χ4n) is 2.88. The van der Waals surface area contributed by atoms with Crippen LogP contribution in [0.1, 0.15) is 23.6 Å². The first-order chi connectivity index (χ1) is 11.8. The summed E-state index contributed by atoms with van der Waals surface area (Å²) < 4.78 is 1.07. The number of carbonyl (C=O) groups excluding carboxylic acids is 1. The van der Waals surface area contributed by atoms with E-state index in [0.717, 1.165) is 20.3 Å². The second kappa shape index (κ2) is 8.47. The van der Waals surface area contributed by atoms with Crippen LogP contribution >= 0.6 is 22.6 Å². The highest BCUT2D eigenvalue weighted by molar-refractivity contribution is 14.1. The number of aryl methyl sites for hydroxylation is 2. The number of nitrogens with one attached hydrogen (secondary N) is 1. The normalized spacial score (nSPS) is 13.1. The fourth-order valence-corrected chi connectivity index (χ4v) is 3.24. The molecule has 0 bridgehead atoms. The minimum absolute atomic E-state index is 0.268. The Morgan fingerprint density at radius 1 is 1.08 bits per heavy atom. The van der Waals surface area contributed by atoms with Crippen LogP contribution in [0.4, 0.5) is 5.69 Å². The van der Waals surface area contributed by atoms with Gasteiger partial charge in [0.2, 0.25) is 5.91 Å². The van der Waals surface area contributed by atoms with Crippen LogP contribution in [0.3, 0.4) is 0 Å². The van der Waals surface area contributed by atoms with Gasteiger partial charge in [-0.15, -0.1) is 0 Å². The minimum Gasteiger partial charge on any atom is -0.481 e. The first kappa shape index (κ1) is 19.4. The van der Waals surface area contributed by atoms with Crippen LogP contribution in [0.15, 0.2) is 42.5 Å². The summed E-state index contributed by atoms with van der Waals surface area (Å²) in [6.45, 7) is 5.58. The van der Waals surface area contributed by atoms with Crippen LogP contribution in [0.25, 0.3) is 0 Å². The van der Waals surface area contributed by atoms with Gasteiger partial charge in [0.05, 0.1) is 11.8 Å². The quantitative estimate of drug-likeness (QED) is 0.639. The second-order valence-electron chi connectivity index (χ2n) is 6.43. The summed E-state index contributed by atoms with van der Waals surface area (Å²) in [6.07, 6.45) is 0.395. The second-order valence-corrected chi connectivity index (χ2v) is 7.68. The molecule has 0 saturated heterocycles. The Labute approximate surface area is 161 Å². The standard InChI is InChI=1S/C20H22INO3/c1-12-8-13(2)10-15(9-12)11-18(14(3)20(24)25)19(23)22-17-6-4-16(21)5-7-17/h4-10,14,18H,11H2,1-3H3,(H,22,23)(H,24,25)/t14-,18+/m1/s1. The number of anilines is 1. The summed E-state index contributed by atoms with van der Waals surface area (Å²) in [5.74, 6) is -2.65. The van der Waals surface area contributed by atoms with E-state index in [-0.39, 0.29) is 5.91 Å². The number of carboxylic acids is 1. The summed E-state index contributed by atoms with van der Waals surface area (Å²) >= 11 is 2.19. The third kappa shape index (κ3) is 5.56. The van der Waals surface area contributed by atoms with E-state index in [4.69, 9.17) is 0 Å². The lowest BCUT2D eigenvalue weighted by molar-refractivity contribution is -0.145. The van der Waals surface area contributed by atoms with Gasteiger partial charge in [0, 0.05) is 9.26 Å². The molecule has 4 nitrogen and oxygen atoms in total. The maximum Gasteiger partial charge on any atom is 0.307 e. The molecule has 0 radical (unpaired) electrons. The Balaban J connectivity index is 2.23. The number of benzene rings is 2. The Morgan fingerprint density at radius 3 is 2.16 bits per heavy atom. The summed E-state index contributed by atoms with van der Waals surface area (Å²) in [5, 5.41) is 12.3. The Bertz CT molecular complexity index is 751. The van der Waals surface area contributed by atoms with E-state index in [1.165, 1.54) is 0 Å². The molecule has 25 heavy (non-hydrogen) atoms. The maximum atomic E-state index is 12.7. The monoisotopic (exact) mass is 451 g/mol. The largest absolute Gasteiger partial charge is 0.481 e. The molecule has 2 aromatic carbocycles. The summed E-state index contributed by atoms with van der Waals surface area (Å²) in [5.41, 5.74) is 3.87. The van der Waals surface area contributed by atoms with Crippen molar-refractivity contribution < 1.29 is 14.7 Å². The van der Waals surface area contributed by atoms with E-state index >= 15 is 0 Å². The van der Waals surface area contributed by atoms with E-state index in [9.17, 15) is 14.7 Å². The molecule has 2 atom stereocenters. The minimum atomic E-state index is -0.966. The van der Waals surface area contributed by atoms with E-state index in [2.05, 4.69) is 34.0 Å². The third-order valence-corrected chi connectivity index (χ3v) is 4.90. The van der Waals surface area contributed by atoms with Gasteiger partial charge in [-0.1, -0.05) is 36.2 Å². The average Bonchev–Trinajstić information content (AvgIpc) is 2.53. The topological polar surface area (TPSA) is 66.4 Å². The van der Waals surface area contributed by atoms with Crippen molar-refractivity contribution in [3.63, 3.8) is 0 Å². The van der Waals surface area contributed by atoms with E-state index in [1.54, 1.807) is 6.92 Å². The van der Waals surface area contributed by atoms with Crippen molar-refractivity contribution in [1.29, 1.82) is 0 Å². The number of carbonyl (C=O) groups is 2. The van der Waals surface area contributed by atoms with Crippen LogP contribution in [0.2, 0.25) is 0 Å². The molecule has 1 amide bonds. The predicted molar refractivity (Wildman–Crippen MR) is 108 cm³/mol. The van der Waals surface area contributed by atoms with Crippen molar-refractivity contribution in [3.8, 4) is 0 Å². The molecule has 5 heteroatoms. The SMILES string of the molecule is Cc1cc(C)cc(C[C@H](C(=O)Nc2ccc(I)cc2)[C@@H](C)C(=O)O)c1. The molecule has 0 aliphatic carbocycles. The summed E-state index contributed by atoms with van der Waals surface area (Å²) in [4.78, 5) is 24.2.